The number of benzene rings is 1. The van der Waals surface area contributed by atoms with Crippen molar-refractivity contribution in [3.8, 4) is 11.5 Å². The van der Waals surface area contributed by atoms with Gasteiger partial charge in [0.2, 0.25) is 18.6 Å². The first-order valence-electron chi connectivity index (χ1n) is 12.6. The van der Waals surface area contributed by atoms with E-state index in [-0.39, 0.29) is 48.5 Å². The van der Waals surface area contributed by atoms with Crippen LogP contribution in [0, 0.1) is 15.8 Å². The summed E-state index contributed by atoms with van der Waals surface area (Å²) in [6.45, 7) is 1.72. The lowest BCUT2D eigenvalue weighted by Gasteiger charge is -2.39. The molecule has 12 heteroatoms. The number of thiazole rings is 1. The third kappa shape index (κ3) is 4.73. The van der Waals surface area contributed by atoms with Crippen LogP contribution >= 0.6 is 23.6 Å². The lowest BCUT2D eigenvalue weighted by molar-refractivity contribution is -0.130. The largest absolute Gasteiger partial charge is 0.454 e. The number of hydrogen-bond acceptors (Lipinski definition) is 8. The summed E-state index contributed by atoms with van der Waals surface area (Å²) in [6, 6.07) is 5.35. The molecule has 37 heavy (non-hydrogen) atoms. The minimum Gasteiger partial charge on any atom is -0.454 e. The van der Waals surface area contributed by atoms with Gasteiger partial charge < -0.3 is 34.7 Å². The van der Waals surface area contributed by atoms with Crippen molar-refractivity contribution in [3.63, 3.8) is 0 Å². The Morgan fingerprint density at radius 3 is 2.86 bits per heavy atom. The van der Waals surface area contributed by atoms with Gasteiger partial charge in [0.05, 0.1) is 12.0 Å². The number of nitrogens with zero attached hydrogens (tertiary/aromatic N) is 1. The zero-order valence-corrected chi connectivity index (χ0v) is 21.8. The Labute approximate surface area is 222 Å². The standard InChI is InChI=1S/C25H28N4O6S2/c30-22(26-10-13-3-6-18-19(8-13)35-12-34-18)14-4-5-16-17(9-14)29-21(28-23(16)31)20(37-25(29)36)24(32)27-11-15-2-1-7-33-15/h3,6,8,14-17H,1-2,4-5,7,9-12H2,(H,26,30)(H,27,32)(H,28,31). The zero-order chi connectivity index (χ0) is 25.5. The third-order valence-electron chi connectivity index (χ3n) is 7.56. The van der Waals surface area contributed by atoms with E-state index in [1.165, 1.54) is 11.3 Å². The van der Waals surface area contributed by atoms with Gasteiger partial charge in [0.15, 0.2) is 15.5 Å². The first kappa shape index (κ1) is 24.4. The maximum Gasteiger partial charge on any atom is 0.265 e. The highest BCUT2D eigenvalue weighted by atomic mass is 32.1. The minimum absolute atomic E-state index is 0.0182. The zero-order valence-electron chi connectivity index (χ0n) is 20.1. The number of rotatable bonds is 6. The Morgan fingerprint density at radius 2 is 2.03 bits per heavy atom. The van der Waals surface area contributed by atoms with Crippen LogP contribution in [0.1, 0.15) is 53.4 Å². The molecule has 1 saturated heterocycles. The Bertz CT molecular complexity index is 1300. The van der Waals surface area contributed by atoms with Crippen molar-refractivity contribution in [1.29, 1.82) is 0 Å². The summed E-state index contributed by atoms with van der Waals surface area (Å²) >= 11 is 6.83. The Balaban J connectivity index is 1.14. The number of amides is 3. The molecule has 2 aromatic rings. The molecule has 4 unspecified atom stereocenters. The number of anilines is 1. The van der Waals surface area contributed by atoms with Crippen LogP contribution < -0.4 is 25.4 Å². The van der Waals surface area contributed by atoms with Crippen LogP contribution in [0.25, 0.3) is 0 Å². The van der Waals surface area contributed by atoms with Crippen molar-refractivity contribution in [3.05, 3.63) is 32.6 Å². The van der Waals surface area contributed by atoms with Gasteiger partial charge in [-0.25, -0.2) is 0 Å². The average Bonchev–Trinajstić information content (AvgIpc) is 3.66. The molecule has 0 bridgehead atoms. The first-order chi connectivity index (χ1) is 18.0. The van der Waals surface area contributed by atoms with Crippen molar-refractivity contribution < 1.29 is 28.6 Å². The van der Waals surface area contributed by atoms with Gasteiger partial charge in [-0.05, 0) is 62.0 Å². The quantitative estimate of drug-likeness (QED) is 0.478. The van der Waals surface area contributed by atoms with E-state index in [2.05, 4.69) is 16.0 Å². The lowest BCUT2D eigenvalue weighted by atomic mass is 9.76. The normalized spacial score (nSPS) is 25.7. The number of carbonyl (C=O) groups is 3. The molecule has 1 aromatic heterocycles. The van der Waals surface area contributed by atoms with E-state index in [0.717, 1.165) is 18.4 Å². The van der Waals surface area contributed by atoms with Gasteiger partial charge in [0.25, 0.3) is 5.91 Å². The van der Waals surface area contributed by atoms with Crippen molar-refractivity contribution in [1.82, 2.24) is 15.2 Å². The van der Waals surface area contributed by atoms with E-state index in [9.17, 15) is 14.4 Å². The molecule has 0 radical (unpaired) electrons. The van der Waals surface area contributed by atoms with Crippen LogP contribution in [-0.2, 0) is 20.9 Å². The number of carbonyl (C=O) groups excluding carboxylic acids is 3. The van der Waals surface area contributed by atoms with Crippen molar-refractivity contribution in [2.24, 2.45) is 11.8 Å². The molecule has 4 aliphatic rings. The molecular weight excluding hydrogens is 516 g/mol. The number of ether oxygens (including phenoxy) is 3. The average molecular weight is 545 g/mol. The fourth-order valence-corrected chi connectivity index (χ4v) is 7.01. The van der Waals surface area contributed by atoms with Gasteiger partial charge in [-0.3, -0.25) is 14.4 Å². The molecule has 3 amide bonds. The van der Waals surface area contributed by atoms with Gasteiger partial charge in [0, 0.05) is 31.7 Å². The fourth-order valence-electron chi connectivity index (χ4n) is 5.62. The summed E-state index contributed by atoms with van der Waals surface area (Å²) in [4.78, 5) is 39.5. The molecule has 3 aliphatic heterocycles. The van der Waals surface area contributed by atoms with Crippen LogP contribution in [0.2, 0.25) is 0 Å². The van der Waals surface area contributed by atoms with E-state index in [4.69, 9.17) is 26.4 Å². The first-order valence-corrected chi connectivity index (χ1v) is 13.8. The van der Waals surface area contributed by atoms with Crippen LogP contribution in [0.15, 0.2) is 18.2 Å². The predicted octanol–water partition coefficient (Wildman–Crippen LogP) is 3.14. The smallest absolute Gasteiger partial charge is 0.265 e. The number of hydrogen-bond donors (Lipinski definition) is 3. The molecule has 1 aliphatic carbocycles. The van der Waals surface area contributed by atoms with Gasteiger partial charge in [-0.15, -0.1) is 0 Å². The number of fused-ring (bicyclic) bond motifs is 4. The molecule has 3 N–H and O–H groups in total. The van der Waals surface area contributed by atoms with Crippen molar-refractivity contribution in [2.45, 2.75) is 50.8 Å². The number of nitrogens with one attached hydrogen (secondary N) is 3. The summed E-state index contributed by atoms with van der Waals surface area (Å²) < 4.78 is 18.7. The molecule has 2 fully saturated rings. The van der Waals surface area contributed by atoms with E-state index in [1.807, 2.05) is 22.8 Å². The summed E-state index contributed by atoms with van der Waals surface area (Å²) in [5.41, 5.74) is 0.921. The highest BCUT2D eigenvalue weighted by Gasteiger charge is 2.44. The molecular formula is C25H28N4O6S2. The molecule has 10 nitrogen and oxygen atoms in total. The van der Waals surface area contributed by atoms with Crippen molar-refractivity contribution in [2.75, 3.05) is 25.3 Å². The summed E-state index contributed by atoms with van der Waals surface area (Å²) in [5.74, 6) is 0.829. The highest BCUT2D eigenvalue weighted by Crippen LogP contribution is 2.45. The Morgan fingerprint density at radius 1 is 1.16 bits per heavy atom. The maximum absolute atomic E-state index is 13.1. The molecule has 1 saturated carbocycles. The third-order valence-corrected chi connectivity index (χ3v) is 8.96. The second-order valence-corrected chi connectivity index (χ2v) is 11.5. The summed E-state index contributed by atoms with van der Waals surface area (Å²) in [7, 11) is 0. The lowest BCUT2D eigenvalue weighted by Crippen LogP contribution is -2.44. The second-order valence-electron chi connectivity index (χ2n) is 9.84. The Hall–Kier alpha value is -2.96. The molecule has 0 spiro atoms. The second kappa shape index (κ2) is 10.1. The van der Waals surface area contributed by atoms with Crippen LogP contribution in [0.3, 0.4) is 0 Å². The van der Waals surface area contributed by atoms with Gasteiger partial charge in [-0.1, -0.05) is 17.4 Å². The Kier molecular flexibility index (Phi) is 6.63. The van der Waals surface area contributed by atoms with Crippen LogP contribution in [0.4, 0.5) is 5.82 Å². The minimum atomic E-state index is -0.283. The molecule has 4 heterocycles. The van der Waals surface area contributed by atoms with Gasteiger partial charge in [0.1, 0.15) is 10.7 Å². The summed E-state index contributed by atoms with van der Waals surface area (Å²) in [5, 5.41) is 8.87. The van der Waals surface area contributed by atoms with E-state index in [0.29, 0.717) is 65.1 Å². The molecule has 6 rings (SSSR count). The predicted molar refractivity (Wildman–Crippen MR) is 137 cm³/mol. The monoisotopic (exact) mass is 544 g/mol. The highest BCUT2D eigenvalue weighted by molar-refractivity contribution is 7.73. The van der Waals surface area contributed by atoms with Crippen LogP contribution in [0.5, 0.6) is 11.5 Å². The fraction of sp³-hybridized carbons (Fsp3) is 0.520. The summed E-state index contributed by atoms with van der Waals surface area (Å²) in [6.07, 6.45) is 3.61. The molecule has 4 atom stereocenters. The topological polar surface area (TPSA) is 120 Å². The van der Waals surface area contributed by atoms with Gasteiger partial charge >= 0.3 is 0 Å². The van der Waals surface area contributed by atoms with E-state index in [1.54, 1.807) is 0 Å². The SMILES string of the molecule is O=C(NCC1CCCO1)c1sc(=S)n2c1NC(=O)C1CCC(C(=O)NCc3ccc4c(c3)OCO4)CC12. The molecule has 196 valence electrons. The van der Waals surface area contributed by atoms with E-state index < -0.39 is 0 Å². The van der Waals surface area contributed by atoms with Crippen LogP contribution in [-0.4, -0.2) is 48.3 Å². The van der Waals surface area contributed by atoms with Crippen molar-refractivity contribution >= 4 is 47.1 Å². The van der Waals surface area contributed by atoms with E-state index >= 15 is 0 Å². The van der Waals surface area contributed by atoms with Gasteiger partial charge in [-0.2, -0.15) is 0 Å². The number of aromatic nitrogens is 1. The maximum atomic E-state index is 13.1. The molecule has 1 aromatic carbocycles.